The monoisotopic (exact) mass is 350 g/mol. The molecule has 3 aliphatic rings. The van der Waals surface area contributed by atoms with Gasteiger partial charge in [0.15, 0.2) is 5.78 Å². The number of aliphatic hydroxyl groups is 1. The highest BCUT2D eigenvalue weighted by Crippen LogP contribution is 2.60. The molecule has 0 saturated carbocycles. The normalized spacial score (nSPS) is 25.8. The van der Waals surface area contributed by atoms with E-state index < -0.39 is 12.2 Å². The van der Waals surface area contributed by atoms with Gasteiger partial charge in [-0.05, 0) is 46.4 Å². The molecule has 132 valence electrons. The van der Waals surface area contributed by atoms with E-state index in [1.54, 1.807) is 25.3 Å². The predicted octanol–water partition coefficient (Wildman–Crippen LogP) is 3.14. The summed E-state index contributed by atoms with van der Waals surface area (Å²) in [4.78, 5) is 12.4. The van der Waals surface area contributed by atoms with Gasteiger partial charge in [0, 0.05) is 25.0 Å². The summed E-state index contributed by atoms with van der Waals surface area (Å²) in [5, 5.41) is 31.5. The zero-order chi connectivity index (χ0) is 18.2. The van der Waals surface area contributed by atoms with Gasteiger partial charge in [-0.25, -0.2) is 0 Å². The molecule has 0 saturated heterocycles. The van der Waals surface area contributed by atoms with Crippen molar-refractivity contribution in [1.29, 1.82) is 0 Å². The number of rotatable bonds is 1. The maximum atomic E-state index is 12.4. The van der Waals surface area contributed by atoms with E-state index in [-0.39, 0.29) is 23.2 Å². The van der Waals surface area contributed by atoms with Gasteiger partial charge in [0.25, 0.3) is 0 Å². The Kier molecular flexibility index (Phi) is 3.12. The zero-order valence-corrected chi connectivity index (χ0v) is 14.2. The molecule has 0 fully saturated rings. The molecule has 0 heterocycles. The van der Waals surface area contributed by atoms with Crippen molar-refractivity contribution in [3.05, 3.63) is 58.1 Å². The molecule has 3 N–H and O–H groups in total. The number of benzene rings is 2. The highest BCUT2D eigenvalue weighted by atomic mass is 16.5. The number of carbonyl (C=O) groups excluding carboxylic acids is 1. The second-order valence-corrected chi connectivity index (χ2v) is 7.10. The van der Waals surface area contributed by atoms with Crippen LogP contribution in [0.15, 0.2) is 30.3 Å². The molecular formula is C21H18O5. The van der Waals surface area contributed by atoms with Crippen LogP contribution in [0.1, 0.15) is 57.5 Å². The third kappa shape index (κ3) is 1.74. The first kappa shape index (κ1) is 15.6. The van der Waals surface area contributed by atoms with Crippen molar-refractivity contribution >= 4 is 16.9 Å². The van der Waals surface area contributed by atoms with E-state index >= 15 is 0 Å². The van der Waals surface area contributed by atoms with E-state index in [0.29, 0.717) is 24.0 Å². The Morgan fingerprint density at radius 1 is 1.04 bits per heavy atom. The Bertz CT molecular complexity index is 1000. The topological polar surface area (TPSA) is 87.0 Å². The lowest BCUT2D eigenvalue weighted by Crippen LogP contribution is -2.33. The summed E-state index contributed by atoms with van der Waals surface area (Å²) in [6.45, 7) is 0. The first-order valence-corrected chi connectivity index (χ1v) is 8.70. The summed E-state index contributed by atoms with van der Waals surface area (Å²) in [5.41, 5.74) is 5.31. The molecule has 3 atom stereocenters. The summed E-state index contributed by atoms with van der Waals surface area (Å²) in [6, 6.07) is 8.57. The first-order chi connectivity index (χ1) is 12.5. The van der Waals surface area contributed by atoms with Crippen LogP contribution in [0.4, 0.5) is 0 Å². The van der Waals surface area contributed by atoms with Gasteiger partial charge < -0.3 is 20.1 Å². The second-order valence-electron chi connectivity index (χ2n) is 7.10. The third-order valence-corrected chi connectivity index (χ3v) is 5.95. The molecule has 3 unspecified atom stereocenters. The number of fused-ring (bicyclic) bond motifs is 4. The Morgan fingerprint density at radius 3 is 2.62 bits per heavy atom. The lowest BCUT2D eigenvalue weighted by atomic mass is 9.74. The minimum atomic E-state index is -0.981. The molecule has 2 aromatic carbocycles. The van der Waals surface area contributed by atoms with Crippen molar-refractivity contribution in [2.75, 3.05) is 7.11 Å². The molecule has 0 spiro atoms. The van der Waals surface area contributed by atoms with Crippen molar-refractivity contribution in [2.24, 2.45) is 0 Å². The van der Waals surface area contributed by atoms with Gasteiger partial charge in [-0.1, -0.05) is 18.2 Å². The van der Waals surface area contributed by atoms with E-state index in [1.165, 1.54) is 0 Å². The SMILES string of the molecule is COC1C(O)c2c(O)cccc2C2=C3CCC(=O)c4c(O)ccc(c43)C21. The van der Waals surface area contributed by atoms with Crippen LogP contribution >= 0.6 is 0 Å². The fourth-order valence-corrected chi connectivity index (χ4v) is 4.96. The number of phenols is 2. The lowest BCUT2D eigenvalue weighted by molar-refractivity contribution is -0.0234. The zero-order valence-electron chi connectivity index (χ0n) is 14.2. The highest BCUT2D eigenvalue weighted by Gasteiger charge is 2.48. The molecular weight excluding hydrogens is 332 g/mol. The highest BCUT2D eigenvalue weighted by molar-refractivity contribution is 6.14. The Morgan fingerprint density at radius 2 is 1.85 bits per heavy atom. The predicted molar refractivity (Wildman–Crippen MR) is 95.1 cm³/mol. The minimum Gasteiger partial charge on any atom is -0.508 e. The lowest BCUT2D eigenvalue weighted by Gasteiger charge is -2.37. The van der Waals surface area contributed by atoms with E-state index in [4.69, 9.17) is 4.74 Å². The van der Waals surface area contributed by atoms with Crippen LogP contribution in [0, 0.1) is 0 Å². The maximum Gasteiger partial charge on any atom is 0.167 e. The number of ether oxygens (including phenoxy) is 1. The van der Waals surface area contributed by atoms with Crippen LogP contribution in [-0.4, -0.2) is 34.3 Å². The first-order valence-electron chi connectivity index (χ1n) is 8.70. The largest absolute Gasteiger partial charge is 0.508 e. The van der Waals surface area contributed by atoms with Gasteiger partial charge >= 0.3 is 0 Å². The number of ketones is 1. The standard InChI is InChI=1S/C21H18O5/c1-26-21-18-11-6-8-14(24)19-13(23)7-5-10(16(11)19)15(18)9-3-2-4-12(22)17(9)20(21)25/h2-4,6,8,18,20-22,24-25H,5,7H2,1H3. The Balaban J connectivity index is 1.90. The number of hydrogen-bond acceptors (Lipinski definition) is 5. The van der Waals surface area contributed by atoms with Crippen molar-refractivity contribution < 1.29 is 24.9 Å². The number of carbonyl (C=O) groups is 1. The molecule has 5 rings (SSSR count). The summed E-state index contributed by atoms with van der Waals surface area (Å²) >= 11 is 0. The van der Waals surface area contributed by atoms with E-state index in [1.807, 2.05) is 12.1 Å². The Hall–Kier alpha value is -2.63. The van der Waals surface area contributed by atoms with Gasteiger partial charge in [0.05, 0.1) is 11.7 Å². The quantitative estimate of drug-likeness (QED) is 0.735. The molecule has 0 bridgehead atoms. The number of Topliss-reactive ketones (excluding diaryl/α,β-unsaturated/α-hetero) is 1. The minimum absolute atomic E-state index is 0.00385. The van der Waals surface area contributed by atoms with Gasteiger partial charge in [-0.2, -0.15) is 0 Å². The summed E-state index contributed by atoms with van der Waals surface area (Å²) in [5.74, 6) is -0.266. The summed E-state index contributed by atoms with van der Waals surface area (Å²) in [6.07, 6.45) is -0.641. The number of aromatic hydroxyl groups is 2. The molecule has 0 amide bonds. The van der Waals surface area contributed by atoms with Gasteiger partial charge in [0.2, 0.25) is 0 Å². The fourth-order valence-electron chi connectivity index (χ4n) is 4.96. The van der Waals surface area contributed by atoms with Crippen molar-refractivity contribution in [1.82, 2.24) is 0 Å². The summed E-state index contributed by atoms with van der Waals surface area (Å²) < 4.78 is 5.65. The number of methoxy groups -OCH3 is 1. The van der Waals surface area contributed by atoms with Crippen molar-refractivity contribution in [3.8, 4) is 11.5 Å². The molecule has 0 aromatic heterocycles. The molecule has 2 aromatic rings. The number of aliphatic hydroxyl groups excluding tert-OH is 1. The van der Waals surface area contributed by atoms with E-state index in [2.05, 4.69) is 0 Å². The van der Waals surface area contributed by atoms with Crippen LogP contribution in [0.3, 0.4) is 0 Å². The maximum absolute atomic E-state index is 12.4. The average molecular weight is 350 g/mol. The number of phenolic OH excluding ortho intramolecular Hbond substituents is 2. The molecule has 3 aliphatic carbocycles. The van der Waals surface area contributed by atoms with Crippen molar-refractivity contribution in [2.45, 2.75) is 31.0 Å². The van der Waals surface area contributed by atoms with Gasteiger partial charge in [-0.15, -0.1) is 0 Å². The van der Waals surface area contributed by atoms with E-state index in [0.717, 1.165) is 27.8 Å². The van der Waals surface area contributed by atoms with Gasteiger partial charge in [-0.3, -0.25) is 4.79 Å². The van der Waals surface area contributed by atoms with Crippen LogP contribution in [0.5, 0.6) is 11.5 Å². The second kappa shape index (κ2) is 5.19. The van der Waals surface area contributed by atoms with Crippen LogP contribution < -0.4 is 0 Å². The fraction of sp³-hybridized carbons (Fsp3) is 0.286. The van der Waals surface area contributed by atoms with E-state index in [9.17, 15) is 20.1 Å². The average Bonchev–Trinajstić information content (AvgIpc) is 2.95. The smallest absolute Gasteiger partial charge is 0.167 e. The van der Waals surface area contributed by atoms with Gasteiger partial charge in [0.1, 0.15) is 17.6 Å². The molecule has 0 aliphatic heterocycles. The molecule has 0 radical (unpaired) electrons. The van der Waals surface area contributed by atoms with Crippen LogP contribution in [0.2, 0.25) is 0 Å². The number of hydrogen-bond donors (Lipinski definition) is 3. The van der Waals surface area contributed by atoms with Crippen LogP contribution in [-0.2, 0) is 4.74 Å². The molecule has 5 nitrogen and oxygen atoms in total. The third-order valence-electron chi connectivity index (χ3n) is 5.95. The Labute approximate surface area is 150 Å². The van der Waals surface area contributed by atoms with Crippen molar-refractivity contribution in [3.63, 3.8) is 0 Å². The summed E-state index contributed by atoms with van der Waals surface area (Å²) in [7, 11) is 1.54. The van der Waals surface area contributed by atoms with Crippen LogP contribution in [0.25, 0.3) is 11.1 Å². The molecule has 5 heteroatoms. The number of allylic oxidation sites excluding steroid dienone is 1. The molecule has 26 heavy (non-hydrogen) atoms.